The molecule has 10 heteroatoms. The molecule has 2 aromatic carbocycles. The quantitative estimate of drug-likeness (QED) is 0.244. The lowest BCUT2D eigenvalue weighted by atomic mass is 9.98. The third kappa shape index (κ3) is 3.70. The van der Waals surface area contributed by atoms with Crippen molar-refractivity contribution in [1.29, 1.82) is 0 Å². The molecule has 1 atom stereocenters. The number of aliphatic hydroxyl groups is 1. The van der Waals surface area contributed by atoms with E-state index in [0.717, 1.165) is 0 Å². The van der Waals surface area contributed by atoms with Crippen molar-refractivity contribution in [3.8, 4) is 11.5 Å². The predicted molar refractivity (Wildman–Crippen MR) is 129 cm³/mol. The second-order valence-electron chi connectivity index (χ2n) is 7.35. The molecule has 34 heavy (non-hydrogen) atoms. The number of ketones is 1. The molecule has 1 amide bonds. The molecule has 1 aliphatic rings. The molecule has 1 unspecified atom stereocenters. The van der Waals surface area contributed by atoms with E-state index in [1.807, 2.05) is 0 Å². The molecule has 4 rings (SSSR count). The van der Waals surface area contributed by atoms with Crippen LogP contribution in [0, 0.1) is 6.92 Å². The number of methoxy groups -OCH3 is 2. The van der Waals surface area contributed by atoms with Crippen molar-refractivity contribution in [2.24, 2.45) is 0 Å². The number of aliphatic hydroxyl groups excluding tert-OH is 1. The van der Waals surface area contributed by atoms with Gasteiger partial charge in [-0.05, 0) is 42.8 Å². The Hall–Kier alpha value is -3.13. The van der Waals surface area contributed by atoms with Crippen LogP contribution < -0.4 is 14.4 Å². The Morgan fingerprint density at radius 2 is 1.74 bits per heavy atom. The lowest BCUT2D eigenvalue weighted by molar-refractivity contribution is -0.132. The molecule has 0 radical (unpaired) electrons. The monoisotopic (exact) mass is 521 g/mol. The van der Waals surface area contributed by atoms with E-state index in [1.54, 1.807) is 37.3 Å². The summed E-state index contributed by atoms with van der Waals surface area (Å²) < 4.78 is 16.1. The molecule has 0 spiro atoms. The van der Waals surface area contributed by atoms with E-state index in [1.165, 1.54) is 31.4 Å². The molecule has 7 nitrogen and oxygen atoms in total. The van der Waals surface area contributed by atoms with E-state index in [2.05, 4.69) is 0 Å². The zero-order valence-electron chi connectivity index (χ0n) is 18.2. The number of anilines is 1. The second-order valence-corrected chi connectivity index (χ2v) is 8.55. The number of Topliss-reactive ketones (excluding diaryl/α,β-unsaturated/α-hetero) is 1. The van der Waals surface area contributed by atoms with Crippen molar-refractivity contribution in [2.45, 2.75) is 13.0 Å². The predicted octanol–water partition coefficient (Wildman–Crippen LogP) is 6.19. The molecule has 2 heterocycles. The molecule has 0 saturated carbocycles. The number of carbonyl (C=O) groups excluding carboxylic acids is 2. The van der Waals surface area contributed by atoms with Gasteiger partial charge < -0.3 is 19.0 Å². The van der Waals surface area contributed by atoms with Crippen LogP contribution in [-0.2, 0) is 9.59 Å². The number of nitrogens with zero attached hydrogens (tertiary/aromatic N) is 1. The Labute approximate surface area is 210 Å². The van der Waals surface area contributed by atoms with Crippen molar-refractivity contribution in [1.82, 2.24) is 0 Å². The first-order chi connectivity index (χ1) is 16.2. The Morgan fingerprint density at radius 1 is 1.03 bits per heavy atom. The third-order valence-corrected chi connectivity index (χ3v) is 6.58. The van der Waals surface area contributed by atoms with Crippen LogP contribution in [0.2, 0.25) is 15.1 Å². The van der Waals surface area contributed by atoms with Crippen LogP contribution in [0.25, 0.3) is 5.76 Å². The number of halogens is 3. The zero-order chi connectivity index (χ0) is 24.7. The van der Waals surface area contributed by atoms with E-state index < -0.39 is 23.5 Å². The third-order valence-electron chi connectivity index (χ3n) is 5.55. The summed E-state index contributed by atoms with van der Waals surface area (Å²) in [5.41, 5.74) is 0.758. The number of carbonyl (C=O) groups is 2. The van der Waals surface area contributed by atoms with Gasteiger partial charge in [-0.25, -0.2) is 0 Å². The molecule has 1 fully saturated rings. The summed E-state index contributed by atoms with van der Waals surface area (Å²) in [4.78, 5) is 27.8. The van der Waals surface area contributed by atoms with Gasteiger partial charge in [-0.1, -0.05) is 40.9 Å². The number of hydrogen-bond donors (Lipinski definition) is 1. The van der Waals surface area contributed by atoms with E-state index in [0.29, 0.717) is 16.3 Å². The van der Waals surface area contributed by atoms with Crippen LogP contribution in [-0.4, -0.2) is 31.0 Å². The van der Waals surface area contributed by atoms with Gasteiger partial charge in [0.1, 0.15) is 22.6 Å². The summed E-state index contributed by atoms with van der Waals surface area (Å²) in [6, 6.07) is 8.46. The number of rotatable bonds is 5. The fourth-order valence-electron chi connectivity index (χ4n) is 3.95. The summed E-state index contributed by atoms with van der Waals surface area (Å²) in [6.45, 7) is 1.72. The van der Waals surface area contributed by atoms with Crippen molar-refractivity contribution in [3.05, 3.63) is 80.2 Å². The summed E-state index contributed by atoms with van der Waals surface area (Å²) in [5, 5.41) is 11.8. The number of ether oxygens (including phenoxy) is 2. The second kappa shape index (κ2) is 9.25. The molecule has 3 aromatic rings. The maximum absolute atomic E-state index is 13.3. The van der Waals surface area contributed by atoms with Crippen LogP contribution in [0.15, 0.2) is 52.7 Å². The Kier molecular flexibility index (Phi) is 6.53. The van der Waals surface area contributed by atoms with Gasteiger partial charge in [-0.3, -0.25) is 14.5 Å². The molecule has 1 N–H and O–H groups in total. The van der Waals surface area contributed by atoms with Gasteiger partial charge in [-0.15, -0.1) is 0 Å². The van der Waals surface area contributed by atoms with E-state index in [9.17, 15) is 14.7 Å². The van der Waals surface area contributed by atoms with Gasteiger partial charge in [0.25, 0.3) is 11.7 Å². The highest BCUT2D eigenvalue weighted by Gasteiger charge is 2.49. The van der Waals surface area contributed by atoms with E-state index >= 15 is 0 Å². The summed E-state index contributed by atoms with van der Waals surface area (Å²) in [5.74, 6) is -1.92. The van der Waals surface area contributed by atoms with Crippen molar-refractivity contribution < 1.29 is 28.6 Å². The van der Waals surface area contributed by atoms with Crippen LogP contribution in [0.4, 0.5) is 5.69 Å². The average Bonchev–Trinajstić information content (AvgIpc) is 3.42. The first-order valence-corrected chi connectivity index (χ1v) is 11.1. The fourth-order valence-corrected chi connectivity index (χ4v) is 4.80. The molecule has 1 aromatic heterocycles. The Morgan fingerprint density at radius 3 is 2.35 bits per heavy atom. The molecule has 0 aliphatic carbocycles. The molecular formula is C24H18Cl3NO6. The lowest BCUT2D eigenvalue weighted by Gasteiger charge is -2.25. The maximum Gasteiger partial charge on any atom is 0.300 e. The summed E-state index contributed by atoms with van der Waals surface area (Å²) in [6.07, 6.45) is 1.40. The zero-order valence-corrected chi connectivity index (χ0v) is 20.5. The first-order valence-electron chi connectivity index (χ1n) is 9.92. The Balaban J connectivity index is 2.02. The number of amides is 1. The molecule has 176 valence electrons. The van der Waals surface area contributed by atoms with Gasteiger partial charge in [0.05, 0.1) is 36.6 Å². The standard InChI is InChI=1S/C24H18Cl3NO6/c1-11-13(25)6-4-7-15(11)28-19(16-8-5-9-34-16)17(21(30)24(28)31)20(29)12-10-14(26)23(33-3)18(27)22(12)32-2/h4-10,19,29H,1-3H3/b20-17-. The maximum atomic E-state index is 13.3. The van der Waals surface area contributed by atoms with Crippen molar-refractivity contribution in [2.75, 3.05) is 19.1 Å². The first kappa shape index (κ1) is 24.0. The summed E-state index contributed by atoms with van der Waals surface area (Å²) >= 11 is 18.9. The smallest absolute Gasteiger partial charge is 0.300 e. The van der Waals surface area contributed by atoms with Crippen LogP contribution in [0.1, 0.15) is 22.9 Å². The van der Waals surface area contributed by atoms with Gasteiger partial charge in [0, 0.05) is 10.7 Å². The minimum absolute atomic E-state index is 0.00601. The fraction of sp³-hybridized carbons (Fsp3) is 0.167. The number of hydrogen-bond acceptors (Lipinski definition) is 6. The molecule has 1 saturated heterocycles. The van der Waals surface area contributed by atoms with Gasteiger partial charge in [-0.2, -0.15) is 0 Å². The number of furan rings is 1. The highest BCUT2D eigenvalue weighted by molar-refractivity contribution is 6.52. The SMILES string of the molecule is COc1c(Cl)cc(/C(O)=C2/C(=O)C(=O)N(c3cccc(Cl)c3C)C2c2ccco2)c(OC)c1Cl. The van der Waals surface area contributed by atoms with E-state index in [-0.39, 0.29) is 38.4 Å². The normalized spacial score (nSPS) is 17.4. The van der Waals surface area contributed by atoms with Gasteiger partial charge >= 0.3 is 0 Å². The van der Waals surface area contributed by atoms with Crippen molar-refractivity contribution >= 4 is 57.9 Å². The number of benzene rings is 2. The lowest BCUT2D eigenvalue weighted by Crippen LogP contribution is -2.30. The highest BCUT2D eigenvalue weighted by atomic mass is 35.5. The van der Waals surface area contributed by atoms with Gasteiger partial charge in [0.2, 0.25) is 0 Å². The largest absolute Gasteiger partial charge is 0.507 e. The van der Waals surface area contributed by atoms with Crippen LogP contribution in [0.5, 0.6) is 11.5 Å². The molecular weight excluding hydrogens is 505 g/mol. The minimum Gasteiger partial charge on any atom is -0.507 e. The average molecular weight is 523 g/mol. The summed E-state index contributed by atoms with van der Waals surface area (Å²) in [7, 11) is 2.71. The highest BCUT2D eigenvalue weighted by Crippen LogP contribution is 2.48. The topological polar surface area (TPSA) is 89.2 Å². The molecule has 1 aliphatic heterocycles. The molecule has 0 bridgehead atoms. The Bertz CT molecular complexity index is 1330. The van der Waals surface area contributed by atoms with E-state index in [4.69, 9.17) is 48.7 Å². The van der Waals surface area contributed by atoms with Crippen LogP contribution >= 0.6 is 34.8 Å². The van der Waals surface area contributed by atoms with Crippen molar-refractivity contribution in [3.63, 3.8) is 0 Å². The van der Waals surface area contributed by atoms with Crippen LogP contribution in [0.3, 0.4) is 0 Å². The van der Waals surface area contributed by atoms with Gasteiger partial charge in [0.15, 0.2) is 11.5 Å². The minimum atomic E-state index is -1.09.